The van der Waals surface area contributed by atoms with Crippen LogP contribution in [0.25, 0.3) is 10.9 Å². The van der Waals surface area contributed by atoms with Crippen molar-refractivity contribution < 1.29 is 21.2 Å². The van der Waals surface area contributed by atoms with Gasteiger partial charge in [-0.2, -0.15) is 5.10 Å². The molecule has 4 rings (SSSR count). The first kappa shape index (κ1) is 21.0. The first-order chi connectivity index (χ1) is 14.6. The van der Waals surface area contributed by atoms with Crippen LogP contribution in [0.15, 0.2) is 82.7 Å². The second-order valence-electron chi connectivity index (χ2n) is 7.03. The molecule has 31 heavy (non-hydrogen) atoms. The monoisotopic (exact) mass is 459 g/mol. The minimum absolute atomic E-state index is 0.268. The Hall–Kier alpha value is -3.24. The number of benzene rings is 3. The van der Waals surface area contributed by atoms with Gasteiger partial charge in [-0.05, 0) is 48.0 Å². The minimum atomic E-state index is -4.13. The molecule has 1 heterocycles. The van der Waals surface area contributed by atoms with Crippen LogP contribution in [-0.4, -0.2) is 32.9 Å². The van der Waals surface area contributed by atoms with Crippen molar-refractivity contribution in [3.8, 4) is 0 Å². The van der Waals surface area contributed by atoms with Crippen molar-refractivity contribution in [1.29, 1.82) is 0 Å². The van der Waals surface area contributed by atoms with Gasteiger partial charge < -0.3 is 0 Å². The molecule has 3 aromatic carbocycles. The van der Waals surface area contributed by atoms with E-state index in [4.69, 9.17) is 0 Å². The molecule has 0 radical (unpaired) electrons. The fourth-order valence-electron chi connectivity index (χ4n) is 3.23. The molecule has 1 N–H and O–H groups in total. The highest BCUT2D eigenvalue weighted by molar-refractivity contribution is 7.95. The van der Waals surface area contributed by atoms with Crippen LogP contribution in [0, 0.1) is 5.82 Å². The fraction of sp³-hybridized carbons (Fsp3) is 0.0952. The Labute approximate surface area is 179 Å². The first-order valence-electron chi connectivity index (χ1n) is 9.15. The van der Waals surface area contributed by atoms with Crippen molar-refractivity contribution >= 4 is 36.5 Å². The van der Waals surface area contributed by atoms with Crippen molar-refractivity contribution in [3.63, 3.8) is 0 Å². The smallest absolute Gasteiger partial charge is 0.263 e. The van der Waals surface area contributed by atoms with Crippen LogP contribution in [-0.2, 0) is 26.4 Å². The molecule has 0 bridgehead atoms. The van der Waals surface area contributed by atoms with E-state index in [-0.39, 0.29) is 21.3 Å². The summed E-state index contributed by atoms with van der Waals surface area (Å²) in [5, 5.41) is 5.01. The third-order valence-corrected chi connectivity index (χ3v) is 7.40. The second kappa shape index (κ2) is 7.78. The average molecular weight is 460 g/mol. The number of sulfone groups is 1. The number of aromatic nitrogens is 2. The molecule has 160 valence electrons. The number of nitrogens with zero attached hydrogens (tertiary/aromatic N) is 2. The maximum Gasteiger partial charge on any atom is 0.263 e. The van der Waals surface area contributed by atoms with Crippen LogP contribution in [0.3, 0.4) is 0 Å². The highest BCUT2D eigenvalue weighted by atomic mass is 32.2. The largest absolute Gasteiger partial charge is 0.280 e. The van der Waals surface area contributed by atoms with Gasteiger partial charge >= 0.3 is 0 Å². The number of hydrogen-bond donors (Lipinski definition) is 1. The van der Waals surface area contributed by atoms with Crippen molar-refractivity contribution in [2.75, 3.05) is 11.0 Å². The van der Waals surface area contributed by atoms with Gasteiger partial charge in [0.2, 0.25) is 0 Å². The fourth-order valence-corrected chi connectivity index (χ4v) is 5.91. The number of halogens is 1. The second-order valence-corrected chi connectivity index (χ2v) is 10.7. The summed E-state index contributed by atoms with van der Waals surface area (Å²) in [5.74, 6) is -0.316. The normalized spacial score (nSPS) is 12.2. The Morgan fingerprint density at radius 2 is 1.61 bits per heavy atom. The highest BCUT2D eigenvalue weighted by Gasteiger charge is 2.23. The van der Waals surface area contributed by atoms with Gasteiger partial charge in [-0.3, -0.25) is 9.40 Å². The van der Waals surface area contributed by atoms with E-state index in [0.29, 0.717) is 11.9 Å². The summed E-state index contributed by atoms with van der Waals surface area (Å²) >= 11 is 0. The van der Waals surface area contributed by atoms with Crippen molar-refractivity contribution in [2.45, 2.75) is 16.3 Å². The third-order valence-electron chi connectivity index (χ3n) is 4.68. The van der Waals surface area contributed by atoms with E-state index in [2.05, 4.69) is 9.82 Å². The van der Waals surface area contributed by atoms with E-state index in [1.165, 1.54) is 36.4 Å². The van der Waals surface area contributed by atoms with Gasteiger partial charge in [0.15, 0.2) is 9.84 Å². The lowest BCUT2D eigenvalue weighted by atomic mass is 10.2. The minimum Gasteiger partial charge on any atom is -0.280 e. The lowest BCUT2D eigenvalue weighted by Crippen LogP contribution is -2.16. The van der Waals surface area contributed by atoms with E-state index in [0.717, 1.165) is 17.3 Å². The molecular weight excluding hydrogens is 441 g/mol. The molecule has 7 nitrogen and oxygen atoms in total. The van der Waals surface area contributed by atoms with Crippen LogP contribution >= 0.6 is 0 Å². The lowest BCUT2D eigenvalue weighted by Gasteiger charge is -2.11. The van der Waals surface area contributed by atoms with Gasteiger partial charge in [0.1, 0.15) is 10.7 Å². The summed E-state index contributed by atoms with van der Waals surface area (Å²) in [6, 6.07) is 16.4. The molecule has 0 aliphatic heterocycles. The Bertz CT molecular complexity index is 1480. The lowest BCUT2D eigenvalue weighted by molar-refractivity contribution is 0.588. The maximum absolute atomic E-state index is 13.1. The van der Waals surface area contributed by atoms with Crippen LogP contribution < -0.4 is 4.72 Å². The first-order valence-corrected chi connectivity index (χ1v) is 12.5. The van der Waals surface area contributed by atoms with E-state index in [1.54, 1.807) is 41.2 Å². The van der Waals surface area contributed by atoms with E-state index in [1.807, 2.05) is 0 Å². The highest BCUT2D eigenvalue weighted by Crippen LogP contribution is 2.25. The Balaban J connectivity index is 1.64. The van der Waals surface area contributed by atoms with E-state index >= 15 is 0 Å². The Morgan fingerprint density at radius 3 is 2.29 bits per heavy atom. The number of anilines is 1. The van der Waals surface area contributed by atoms with E-state index in [9.17, 15) is 21.2 Å². The predicted octanol–water partition coefficient (Wildman–Crippen LogP) is 3.43. The standard InChI is InChI=1S/C21H18FN3O4S2/c1-30(26,27)20-4-2-3-5-21(20)31(28,29)24-18-10-11-19-16(12-18)13-23-25(19)14-15-6-8-17(22)9-7-15/h2-13,24H,14H2,1H3. The molecule has 0 amide bonds. The molecule has 4 aromatic rings. The molecule has 0 fully saturated rings. The molecule has 10 heteroatoms. The Morgan fingerprint density at radius 1 is 0.935 bits per heavy atom. The van der Waals surface area contributed by atoms with Gasteiger partial charge in [0.25, 0.3) is 10.0 Å². The summed E-state index contributed by atoms with van der Waals surface area (Å²) in [5.41, 5.74) is 1.91. The summed E-state index contributed by atoms with van der Waals surface area (Å²) < 4.78 is 66.9. The van der Waals surface area contributed by atoms with Gasteiger partial charge in [0.05, 0.1) is 23.2 Å². The van der Waals surface area contributed by atoms with Crippen molar-refractivity contribution in [1.82, 2.24) is 9.78 Å². The quantitative estimate of drug-likeness (QED) is 0.476. The number of nitrogens with one attached hydrogen (secondary N) is 1. The van der Waals surface area contributed by atoms with Gasteiger partial charge in [-0.1, -0.05) is 24.3 Å². The SMILES string of the molecule is CS(=O)(=O)c1ccccc1S(=O)(=O)Nc1ccc2c(cnn2Cc2ccc(F)cc2)c1. The van der Waals surface area contributed by atoms with Gasteiger partial charge in [-0.15, -0.1) is 0 Å². The van der Waals surface area contributed by atoms with Crippen molar-refractivity contribution in [2.24, 2.45) is 0 Å². The van der Waals surface area contributed by atoms with Crippen LogP contribution in [0.4, 0.5) is 10.1 Å². The molecule has 0 aliphatic rings. The Kier molecular flexibility index (Phi) is 5.28. The number of sulfonamides is 1. The van der Waals surface area contributed by atoms with Crippen LogP contribution in [0.1, 0.15) is 5.56 Å². The zero-order valence-corrected chi connectivity index (χ0v) is 18.0. The zero-order chi connectivity index (χ0) is 22.2. The van der Waals surface area contributed by atoms with E-state index < -0.39 is 19.9 Å². The van der Waals surface area contributed by atoms with Crippen molar-refractivity contribution in [3.05, 3.63) is 84.3 Å². The summed E-state index contributed by atoms with van der Waals surface area (Å²) in [6.07, 6.45) is 2.56. The molecule has 0 saturated carbocycles. The topological polar surface area (TPSA) is 98.1 Å². The molecule has 0 atom stereocenters. The molecule has 0 unspecified atom stereocenters. The summed E-state index contributed by atoms with van der Waals surface area (Å²) in [6.45, 7) is 0.427. The number of fused-ring (bicyclic) bond motifs is 1. The predicted molar refractivity (Wildman–Crippen MR) is 116 cm³/mol. The van der Waals surface area contributed by atoms with Gasteiger partial charge in [0, 0.05) is 17.3 Å². The zero-order valence-electron chi connectivity index (χ0n) is 16.4. The van der Waals surface area contributed by atoms with Gasteiger partial charge in [-0.25, -0.2) is 21.2 Å². The molecule has 0 aliphatic carbocycles. The van der Waals surface area contributed by atoms with Crippen LogP contribution in [0.5, 0.6) is 0 Å². The number of rotatable bonds is 6. The maximum atomic E-state index is 13.1. The summed E-state index contributed by atoms with van der Waals surface area (Å²) in [7, 11) is -7.86. The molecule has 0 spiro atoms. The van der Waals surface area contributed by atoms with Crippen LogP contribution in [0.2, 0.25) is 0 Å². The summed E-state index contributed by atoms with van der Waals surface area (Å²) in [4.78, 5) is -0.583. The molecule has 1 aromatic heterocycles. The third kappa shape index (κ3) is 4.44. The molecular formula is C21H18FN3O4S2. The number of hydrogen-bond acceptors (Lipinski definition) is 5. The molecule has 0 saturated heterocycles. The average Bonchev–Trinajstić information content (AvgIpc) is 3.11.